The molecule has 0 bridgehead atoms. The molecule has 0 amide bonds. The molecule has 1 aromatic rings. The van der Waals surface area contributed by atoms with Crippen molar-refractivity contribution in [2.45, 2.75) is 38.1 Å². The lowest BCUT2D eigenvalue weighted by Crippen LogP contribution is -2.37. The van der Waals surface area contributed by atoms with Crippen LogP contribution in [0.2, 0.25) is 5.02 Å². The van der Waals surface area contributed by atoms with E-state index in [0.717, 1.165) is 6.42 Å². The zero-order valence-corrected chi connectivity index (χ0v) is 14.2. The Labute approximate surface area is 127 Å². The minimum Gasteiger partial charge on any atom is -0.398 e. The van der Waals surface area contributed by atoms with Crippen LogP contribution in [0, 0.1) is 5.92 Å². The van der Waals surface area contributed by atoms with Gasteiger partial charge in [-0.2, -0.15) is 0 Å². The number of hydrogen-bond donors (Lipinski definition) is 2. The van der Waals surface area contributed by atoms with Gasteiger partial charge in [-0.1, -0.05) is 31.9 Å². The third-order valence-corrected chi connectivity index (χ3v) is 6.11. The monoisotopic (exact) mass is 368 g/mol. The SMILES string of the molecule is CCC(C)C(C)NS(=O)(=O)c1cc(Cl)cc(N)c1Br. The minimum absolute atomic E-state index is 0.0626. The van der Waals surface area contributed by atoms with Crippen molar-refractivity contribution in [1.29, 1.82) is 0 Å². The first-order valence-electron chi connectivity index (χ1n) is 5.95. The molecule has 0 radical (unpaired) electrons. The van der Waals surface area contributed by atoms with E-state index in [1.165, 1.54) is 12.1 Å². The number of sulfonamides is 1. The van der Waals surface area contributed by atoms with Crippen LogP contribution in [0.3, 0.4) is 0 Å². The highest BCUT2D eigenvalue weighted by atomic mass is 79.9. The molecule has 0 aliphatic heterocycles. The minimum atomic E-state index is -3.65. The quantitative estimate of drug-likeness (QED) is 0.781. The van der Waals surface area contributed by atoms with Crippen LogP contribution in [0.5, 0.6) is 0 Å². The Morgan fingerprint density at radius 1 is 1.42 bits per heavy atom. The van der Waals surface area contributed by atoms with Crippen LogP contribution >= 0.6 is 27.5 Å². The zero-order chi connectivity index (χ0) is 14.8. The highest BCUT2D eigenvalue weighted by molar-refractivity contribution is 9.10. The lowest BCUT2D eigenvalue weighted by Gasteiger charge is -2.20. The molecule has 0 fully saturated rings. The average Bonchev–Trinajstić information content (AvgIpc) is 2.31. The van der Waals surface area contributed by atoms with E-state index in [-0.39, 0.29) is 21.9 Å². The first-order chi connectivity index (χ1) is 8.69. The summed E-state index contributed by atoms with van der Waals surface area (Å²) in [6, 6.07) is 2.72. The molecule has 0 aromatic heterocycles. The van der Waals surface area contributed by atoms with Gasteiger partial charge in [-0.15, -0.1) is 0 Å². The molecule has 0 saturated carbocycles. The maximum Gasteiger partial charge on any atom is 0.242 e. The van der Waals surface area contributed by atoms with Crippen molar-refractivity contribution in [3.05, 3.63) is 21.6 Å². The smallest absolute Gasteiger partial charge is 0.242 e. The van der Waals surface area contributed by atoms with Crippen molar-refractivity contribution in [3.8, 4) is 0 Å². The maximum atomic E-state index is 12.3. The van der Waals surface area contributed by atoms with Crippen molar-refractivity contribution < 1.29 is 8.42 Å². The molecule has 0 heterocycles. The first-order valence-corrected chi connectivity index (χ1v) is 8.61. The molecule has 3 N–H and O–H groups in total. The van der Waals surface area contributed by atoms with Crippen molar-refractivity contribution in [2.75, 3.05) is 5.73 Å². The molecule has 4 nitrogen and oxygen atoms in total. The second kappa shape index (κ2) is 6.43. The van der Waals surface area contributed by atoms with Crippen LogP contribution in [0.1, 0.15) is 27.2 Å². The lowest BCUT2D eigenvalue weighted by atomic mass is 10.0. The number of halogens is 2. The molecule has 19 heavy (non-hydrogen) atoms. The van der Waals surface area contributed by atoms with Gasteiger partial charge in [0.15, 0.2) is 0 Å². The van der Waals surface area contributed by atoms with E-state index in [1.807, 2.05) is 20.8 Å². The van der Waals surface area contributed by atoms with E-state index >= 15 is 0 Å². The number of nitrogens with two attached hydrogens (primary N) is 1. The van der Waals surface area contributed by atoms with E-state index < -0.39 is 10.0 Å². The Morgan fingerprint density at radius 2 is 2.00 bits per heavy atom. The van der Waals surface area contributed by atoms with Gasteiger partial charge < -0.3 is 5.73 Å². The number of benzene rings is 1. The molecule has 1 rings (SSSR count). The molecule has 0 aliphatic carbocycles. The van der Waals surface area contributed by atoms with Gasteiger partial charge >= 0.3 is 0 Å². The number of hydrogen-bond acceptors (Lipinski definition) is 3. The van der Waals surface area contributed by atoms with Gasteiger partial charge in [-0.3, -0.25) is 0 Å². The lowest BCUT2D eigenvalue weighted by molar-refractivity contribution is 0.434. The van der Waals surface area contributed by atoms with Gasteiger partial charge in [0.1, 0.15) is 0 Å². The van der Waals surface area contributed by atoms with Crippen LogP contribution in [-0.2, 0) is 10.0 Å². The van der Waals surface area contributed by atoms with Crippen molar-refractivity contribution in [2.24, 2.45) is 5.92 Å². The van der Waals surface area contributed by atoms with Crippen LogP contribution in [0.4, 0.5) is 5.69 Å². The van der Waals surface area contributed by atoms with Crippen LogP contribution in [0.25, 0.3) is 0 Å². The predicted molar refractivity (Wildman–Crippen MR) is 82.8 cm³/mol. The fourth-order valence-electron chi connectivity index (χ4n) is 1.56. The van der Waals surface area contributed by atoms with Gasteiger partial charge in [0.05, 0.1) is 9.37 Å². The van der Waals surface area contributed by atoms with E-state index in [9.17, 15) is 8.42 Å². The molecule has 1 aromatic carbocycles. The summed E-state index contributed by atoms with van der Waals surface area (Å²) < 4.78 is 27.6. The van der Waals surface area contributed by atoms with Crippen molar-refractivity contribution in [1.82, 2.24) is 4.72 Å². The Bertz CT molecular complexity index is 563. The summed E-state index contributed by atoms with van der Waals surface area (Å²) in [6.45, 7) is 5.85. The summed E-state index contributed by atoms with van der Waals surface area (Å²) in [5, 5.41) is 0.289. The highest BCUT2D eigenvalue weighted by Crippen LogP contribution is 2.31. The topological polar surface area (TPSA) is 72.2 Å². The molecule has 7 heteroatoms. The number of rotatable bonds is 5. The second-order valence-electron chi connectivity index (χ2n) is 4.60. The summed E-state index contributed by atoms with van der Waals surface area (Å²) in [6.07, 6.45) is 0.891. The third kappa shape index (κ3) is 4.08. The fraction of sp³-hybridized carbons (Fsp3) is 0.500. The van der Waals surface area contributed by atoms with E-state index in [2.05, 4.69) is 20.7 Å². The molecule has 0 saturated heterocycles. The molecular formula is C12H18BrClN2O2S. The zero-order valence-electron chi connectivity index (χ0n) is 11.1. The summed E-state index contributed by atoms with van der Waals surface area (Å²) in [7, 11) is -3.65. The van der Waals surface area contributed by atoms with Gasteiger partial charge in [-0.05, 0) is 40.9 Å². The standard InChI is InChI=1S/C12H18BrClN2O2S/c1-4-7(2)8(3)16-19(17,18)11-6-9(14)5-10(15)12(11)13/h5-8,16H,4,15H2,1-3H3. The Kier molecular flexibility index (Phi) is 5.67. The molecule has 0 aliphatic rings. The molecule has 2 atom stereocenters. The largest absolute Gasteiger partial charge is 0.398 e. The normalized spacial score (nSPS) is 15.2. The number of anilines is 1. The highest BCUT2D eigenvalue weighted by Gasteiger charge is 2.24. The molecule has 0 spiro atoms. The van der Waals surface area contributed by atoms with E-state index in [0.29, 0.717) is 10.2 Å². The third-order valence-electron chi connectivity index (χ3n) is 3.16. The van der Waals surface area contributed by atoms with Crippen molar-refractivity contribution >= 4 is 43.2 Å². The van der Waals surface area contributed by atoms with E-state index in [4.69, 9.17) is 17.3 Å². The average molecular weight is 370 g/mol. The summed E-state index contributed by atoms with van der Waals surface area (Å²) in [5.41, 5.74) is 6.01. The van der Waals surface area contributed by atoms with Crippen LogP contribution in [0.15, 0.2) is 21.5 Å². The van der Waals surface area contributed by atoms with Gasteiger partial charge in [-0.25, -0.2) is 13.1 Å². The van der Waals surface area contributed by atoms with Gasteiger partial charge in [0, 0.05) is 16.8 Å². The maximum absolute atomic E-state index is 12.3. The number of nitrogens with one attached hydrogen (secondary N) is 1. The Morgan fingerprint density at radius 3 is 2.53 bits per heavy atom. The van der Waals surface area contributed by atoms with Crippen LogP contribution in [-0.4, -0.2) is 14.5 Å². The first kappa shape index (κ1) is 16.8. The Hall–Kier alpha value is -0.300. The van der Waals surface area contributed by atoms with Gasteiger partial charge in [0.2, 0.25) is 10.0 Å². The Balaban J connectivity index is 3.14. The molecular weight excluding hydrogens is 352 g/mol. The van der Waals surface area contributed by atoms with Crippen LogP contribution < -0.4 is 10.5 Å². The molecule has 2 unspecified atom stereocenters. The van der Waals surface area contributed by atoms with E-state index in [1.54, 1.807) is 0 Å². The summed E-state index contributed by atoms with van der Waals surface area (Å²) in [4.78, 5) is 0.0626. The second-order valence-corrected chi connectivity index (χ2v) is 7.51. The van der Waals surface area contributed by atoms with Gasteiger partial charge in [0.25, 0.3) is 0 Å². The molecule has 108 valence electrons. The fourth-order valence-corrected chi connectivity index (χ4v) is 4.20. The summed E-state index contributed by atoms with van der Waals surface area (Å²) in [5.74, 6) is 0.241. The van der Waals surface area contributed by atoms with Crippen molar-refractivity contribution in [3.63, 3.8) is 0 Å². The summed E-state index contributed by atoms with van der Waals surface area (Å²) >= 11 is 9.05. The number of nitrogen functional groups attached to an aromatic ring is 1. The predicted octanol–water partition coefficient (Wildman–Crippen LogP) is 3.40.